The van der Waals surface area contributed by atoms with E-state index in [0.29, 0.717) is 0 Å². The molecule has 1 saturated heterocycles. The van der Waals surface area contributed by atoms with E-state index in [1.807, 2.05) is 18.0 Å². The maximum absolute atomic E-state index is 12.3. The fourth-order valence-corrected chi connectivity index (χ4v) is 2.62. The van der Waals surface area contributed by atoms with Gasteiger partial charge in [-0.05, 0) is 45.1 Å². The second-order valence-electron chi connectivity index (χ2n) is 5.97. The van der Waals surface area contributed by atoms with Crippen LogP contribution in [-0.2, 0) is 11.3 Å². The lowest BCUT2D eigenvalue weighted by atomic mass is 10.3. The minimum absolute atomic E-state index is 0.157. The number of amides is 1. The Labute approximate surface area is 119 Å². The molecule has 6 heteroatoms. The quantitative estimate of drug-likeness (QED) is 0.841. The van der Waals surface area contributed by atoms with Crippen LogP contribution in [0, 0.1) is 5.92 Å². The van der Waals surface area contributed by atoms with Gasteiger partial charge in [-0.2, -0.15) is 0 Å². The zero-order chi connectivity index (χ0) is 13.9. The van der Waals surface area contributed by atoms with Crippen LogP contribution in [0.2, 0.25) is 0 Å². The van der Waals surface area contributed by atoms with Gasteiger partial charge in [-0.1, -0.05) is 5.21 Å². The molecule has 6 nitrogen and oxygen atoms in total. The molecule has 1 saturated carbocycles. The van der Waals surface area contributed by atoms with E-state index in [0.717, 1.165) is 50.6 Å². The lowest BCUT2D eigenvalue weighted by Crippen LogP contribution is -2.34. The number of carbonyl (C=O) groups excluding carboxylic acids is 1. The molecule has 1 unspecified atom stereocenters. The Morgan fingerprint density at radius 1 is 1.45 bits per heavy atom. The summed E-state index contributed by atoms with van der Waals surface area (Å²) in [6.07, 6.45) is 6.82. The van der Waals surface area contributed by atoms with E-state index in [2.05, 4.69) is 15.6 Å². The van der Waals surface area contributed by atoms with Crippen LogP contribution >= 0.6 is 0 Å². The number of hydrogen-bond donors (Lipinski definition) is 1. The number of nitrogens with one attached hydrogen (secondary N) is 1. The molecule has 1 aliphatic carbocycles. The highest BCUT2D eigenvalue weighted by Crippen LogP contribution is 2.27. The van der Waals surface area contributed by atoms with E-state index in [-0.39, 0.29) is 11.9 Å². The van der Waals surface area contributed by atoms with Crippen molar-refractivity contribution in [3.63, 3.8) is 0 Å². The van der Waals surface area contributed by atoms with Gasteiger partial charge >= 0.3 is 0 Å². The van der Waals surface area contributed by atoms with Crippen molar-refractivity contribution in [3.8, 4) is 0 Å². The second-order valence-corrected chi connectivity index (χ2v) is 5.97. The minimum atomic E-state index is -0.252. The first kappa shape index (κ1) is 13.5. The van der Waals surface area contributed by atoms with Gasteiger partial charge in [-0.3, -0.25) is 4.79 Å². The second kappa shape index (κ2) is 5.91. The van der Waals surface area contributed by atoms with Crippen molar-refractivity contribution < 1.29 is 4.79 Å². The molecule has 1 aromatic rings. The van der Waals surface area contributed by atoms with Crippen molar-refractivity contribution in [2.24, 2.45) is 5.92 Å². The maximum atomic E-state index is 12.3. The molecule has 0 radical (unpaired) electrons. The maximum Gasteiger partial charge on any atom is 0.247 e. The van der Waals surface area contributed by atoms with Crippen molar-refractivity contribution >= 4 is 5.91 Å². The zero-order valence-corrected chi connectivity index (χ0v) is 12.1. The summed E-state index contributed by atoms with van der Waals surface area (Å²) >= 11 is 0. The summed E-state index contributed by atoms with van der Waals surface area (Å²) in [5.41, 5.74) is 0.909. The molecule has 0 bridgehead atoms. The normalized spacial score (nSPS) is 20.4. The van der Waals surface area contributed by atoms with E-state index < -0.39 is 0 Å². The van der Waals surface area contributed by atoms with E-state index in [9.17, 15) is 4.79 Å². The van der Waals surface area contributed by atoms with Crippen molar-refractivity contribution in [3.05, 3.63) is 11.9 Å². The largest absolute Gasteiger partial charge is 0.341 e. The van der Waals surface area contributed by atoms with Gasteiger partial charge < -0.3 is 10.2 Å². The van der Waals surface area contributed by atoms with Crippen molar-refractivity contribution in [1.82, 2.24) is 25.2 Å². The van der Waals surface area contributed by atoms with Crippen LogP contribution in [0.5, 0.6) is 0 Å². The Kier molecular flexibility index (Phi) is 4.00. The highest BCUT2D eigenvalue weighted by molar-refractivity contribution is 5.80. The number of aromatic nitrogens is 3. The molecule has 1 amide bonds. The number of likely N-dealkylation sites (tertiary alicyclic amines) is 1. The van der Waals surface area contributed by atoms with E-state index in [4.69, 9.17) is 0 Å². The summed E-state index contributed by atoms with van der Waals surface area (Å²) in [6, 6.07) is -0.252. The van der Waals surface area contributed by atoms with Crippen molar-refractivity contribution in [2.75, 3.05) is 19.6 Å². The summed E-state index contributed by atoms with van der Waals surface area (Å²) in [7, 11) is 0. The number of hydrogen-bond acceptors (Lipinski definition) is 4. The Morgan fingerprint density at radius 3 is 2.90 bits per heavy atom. The molecule has 1 atom stereocenters. The number of nitrogens with zero attached hydrogens (tertiary/aromatic N) is 4. The highest BCUT2D eigenvalue weighted by atomic mass is 16.2. The van der Waals surface area contributed by atoms with E-state index in [1.54, 1.807) is 4.68 Å². The van der Waals surface area contributed by atoms with Gasteiger partial charge in [-0.15, -0.1) is 5.10 Å². The van der Waals surface area contributed by atoms with Crippen LogP contribution in [0.1, 0.15) is 44.3 Å². The van der Waals surface area contributed by atoms with E-state index >= 15 is 0 Å². The SMILES string of the molecule is CC(C(=O)N1CCCC1)n1cc(CNCC2CC2)nn1. The van der Waals surface area contributed by atoms with Crippen LogP contribution in [0.25, 0.3) is 0 Å². The monoisotopic (exact) mass is 277 g/mol. The molecule has 1 N–H and O–H groups in total. The Bertz CT molecular complexity index is 462. The Morgan fingerprint density at radius 2 is 2.20 bits per heavy atom. The minimum Gasteiger partial charge on any atom is -0.341 e. The van der Waals surface area contributed by atoms with Crippen molar-refractivity contribution in [1.29, 1.82) is 0 Å². The van der Waals surface area contributed by atoms with E-state index in [1.165, 1.54) is 12.8 Å². The highest BCUT2D eigenvalue weighted by Gasteiger charge is 2.25. The lowest BCUT2D eigenvalue weighted by Gasteiger charge is -2.19. The van der Waals surface area contributed by atoms with Gasteiger partial charge in [0, 0.05) is 19.6 Å². The average Bonchev–Trinajstić information content (AvgIpc) is 2.96. The fraction of sp³-hybridized carbons (Fsp3) is 0.786. The molecular weight excluding hydrogens is 254 g/mol. The van der Waals surface area contributed by atoms with Gasteiger partial charge in [0.05, 0.1) is 11.9 Å². The summed E-state index contributed by atoms with van der Waals surface area (Å²) < 4.78 is 1.69. The average molecular weight is 277 g/mol. The third kappa shape index (κ3) is 3.17. The van der Waals surface area contributed by atoms with Crippen LogP contribution in [0.4, 0.5) is 0 Å². The molecule has 20 heavy (non-hydrogen) atoms. The van der Waals surface area contributed by atoms with Crippen LogP contribution in [0.15, 0.2) is 6.20 Å². The molecule has 2 heterocycles. The fourth-order valence-electron chi connectivity index (χ4n) is 2.62. The van der Waals surface area contributed by atoms with Crippen LogP contribution in [-0.4, -0.2) is 45.4 Å². The van der Waals surface area contributed by atoms with Gasteiger partial charge in [-0.25, -0.2) is 4.68 Å². The molecular formula is C14H23N5O. The molecule has 0 spiro atoms. The lowest BCUT2D eigenvalue weighted by molar-refractivity contribution is -0.133. The van der Waals surface area contributed by atoms with Gasteiger partial charge in [0.1, 0.15) is 6.04 Å². The summed E-state index contributed by atoms with van der Waals surface area (Å²) in [6.45, 7) is 5.47. The number of rotatable bonds is 6. The Hall–Kier alpha value is -1.43. The topological polar surface area (TPSA) is 63.1 Å². The van der Waals surface area contributed by atoms with Crippen LogP contribution < -0.4 is 5.32 Å². The first-order chi connectivity index (χ1) is 9.74. The Balaban J connectivity index is 1.52. The summed E-state index contributed by atoms with van der Waals surface area (Å²) in [5.74, 6) is 1.02. The van der Waals surface area contributed by atoms with Crippen molar-refractivity contribution in [2.45, 2.75) is 45.2 Å². The van der Waals surface area contributed by atoms with Crippen LogP contribution in [0.3, 0.4) is 0 Å². The summed E-state index contributed by atoms with van der Waals surface area (Å²) in [5, 5.41) is 11.6. The third-order valence-corrected chi connectivity index (χ3v) is 4.17. The predicted octanol–water partition coefficient (Wildman–Crippen LogP) is 0.961. The molecule has 1 aliphatic heterocycles. The zero-order valence-electron chi connectivity index (χ0n) is 12.1. The molecule has 110 valence electrons. The molecule has 2 aliphatic rings. The molecule has 2 fully saturated rings. The van der Waals surface area contributed by atoms with Gasteiger partial charge in [0.15, 0.2) is 0 Å². The molecule has 1 aromatic heterocycles. The molecule has 0 aromatic carbocycles. The third-order valence-electron chi connectivity index (χ3n) is 4.17. The van der Waals surface area contributed by atoms with Gasteiger partial charge in [0.2, 0.25) is 5.91 Å². The van der Waals surface area contributed by atoms with Gasteiger partial charge in [0.25, 0.3) is 0 Å². The first-order valence-electron chi connectivity index (χ1n) is 7.64. The summed E-state index contributed by atoms with van der Waals surface area (Å²) in [4.78, 5) is 14.2. The number of carbonyl (C=O) groups is 1. The standard InChI is InChI=1S/C14H23N5O/c1-11(14(20)18-6-2-3-7-18)19-10-13(16-17-19)9-15-8-12-4-5-12/h10-12,15H,2-9H2,1H3. The first-order valence-corrected chi connectivity index (χ1v) is 7.64. The predicted molar refractivity (Wildman–Crippen MR) is 75.0 cm³/mol. The smallest absolute Gasteiger partial charge is 0.247 e. The molecule has 3 rings (SSSR count).